The Morgan fingerprint density at radius 3 is 2.17 bits per heavy atom. The number of nitrogens with one attached hydrogen (secondary N) is 3. The number of aliphatic carboxylic acids is 1. The monoisotopic (exact) mass is 447 g/mol. The van der Waals surface area contributed by atoms with Crippen molar-refractivity contribution in [3.63, 3.8) is 0 Å². The molecule has 4 amide bonds. The third-order valence-electron chi connectivity index (χ3n) is 4.54. The molecule has 30 heavy (non-hydrogen) atoms. The van der Waals surface area contributed by atoms with Gasteiger partial charge in [-0.1, -0.05) is 20.3 Å². The van der Waals surface area contributed by atoms with E-state index < -0.39 is 54.3 Å². The summed E-state index contributed by atoms with van der Waals surface area (Å²) in [7, 11) is 0. The molecule has 0 heterocycles. The lowest BCUT2D eigenvalue weighted by Gasteiger charge is -2.23. The van der Waals surface area contributed by atoms with Gasteiger partial charge in [0.15, 0.2) is 0 Å². The minimum absolute atomic E-state index is 0.0623. The summed E-state index contributed by atoms with van der Waals surface area (Å²) >= 11 is 1.44. The highest BCUT2D eigenvalue weighted by Crippen LogP contribution is 2.07. The Labute approximate surface area is 180 Å². The fourth-order valence-corrected chi connectivity index (χ4v) is 2.84. The summed E-state index contributed by atoms with van der Waals surface area (Å²) < 4.78 is 0. The Balaban J connectivity index is 4.90. The van der Waals surface area contributed by atoms with Gasteiger partial charge in [0.05, 0.1) is 12.6 Å². The summed E-state index contributed by atoms with van der Waals surface area (Å²) in [5.74, 6) is -3.34. The van der Waals surface area contributed by atoms with E-state index in [0.717, 1.165) is 0 Å². The molecule has 4 unspecified atom stereocenters. The quantitative estimate of drug-likeness (QED) is 0.175. The Hall–Kier alpha value is -2.34. The summed E-state index contributed by atoms with van der Waals surface area (Å²) in [6, 6.07) is -3.02. The molecule has 0 saturated carbocycles. The molecule has 0 saturated heterocycles. The molecule has 11 nitrogen and oxygen atoms in total. The van der Waals surface area contributed by atoms with Gasteiger partial charge >= 0.3 is 5.97 Å². The van der Waals surface area contributed by atoms with Gasteiger partial charge in [-0.3, -0.25) is 19.2 Å². The minimum Gasteiger partial charge on any atom is -0.480 e. The minimum atomic E-state index is -1.17. The van der Waals surface area contributed by atoms with Crippen molar-refractivity contribution in [2.75, 3.05) is 18.6 Å². The molecule has 0 aliphatic carbocycles. The molecule has 0 fully saturated rings. The topological polar surface area (TPSA) is 194 Å². The smallest absolute Gasteiger partial charge is 0.326 e. The standard InChI is InChI=1S/C18H33N5O6S/c1-4-10(2)15(20)17(27)23-11(5-6-13(19)24)16(26)21-9-14(25)22-12(18(28)29)7-8-30-3/h10-12,15H,4-9,20H2,1-3H3,(H2,19,24)(H,21,26)(H,22,25)(H,23,27)(H,28,29). The number of thioether (sulfide) groups is 1. The molecule has 0 spiro atoms. The van der Waals surface area contributed by atoms with Crippen LogP contribution in [0.25, 0.3) is 0 Å². The lowest BCUT2D eigenvalue weighted by atomic mass is 9.98. The number of primary amides is 1. The van der Waals surface area contributed by atoms with Gasteiger partial charge in [0.2, 0.25) is 23.6 Å². The second kappa shape index (κ2) is 14.6. The molecule has 8 N–H and O–H groups in total. The second-order valence-electron chi connectivity index (χ2n) is 6.94. The van der Waals surface area contributed by atoms with Crippen LogP contribution < -0.4 is 27.4 Å². The van der Waals surface area contributed by atoms with Crippen LogP contribution in [0, 0.1) is 5.92 Å². The first-order chi connectivity index (χ1) is 14.0. The fourth-order valence-electron chi connectivity index (χ4n) is 2.36. The number of carboxylic acid groups (broad SMARTS) is 1. The summed E-state index contributed by atoms with van der Waals surface area (Å²) in [5, 5.41) is 16.3. The van der Waals surface area contributed by atoms with Crippen LogP contribution >= 0.6 is 11.8 Å². The number of nitrogens with two attached hydrogens (primary N) is 2. The summed E-state index contributed by atoms with van der Waals surface area (Å²) in [6.07, 6.45) is 2.50. The SMILES string of the molecule is CCC(C)C(N)C(=O)NC(CCC(N)=O)C(=O)NCC(=O)NC(CCSC)C(=O)O. The van der Waals surface area contributed by atoms with Gasteiger partial charge in [-0.15, -0.1) is 0 Å². The van der Waals surface area contributed by atoms with Crippen LogP contribution in [-0.2, 0) is 24.0 Å². The molecule has 172 valence electrons. The maximum atomic E-state index is 12.4. The normalized spacial score (nSPS) is 14.7. The zero-order valence-corrected chi connectivity index (χ0v) is 18.4. The maximum Gasteiger partial charge on any atom is 0.326 e. The first kappa shape index (κ1) is 27.7. The average Bonchev–Trinajstić information content (AvgIpc) is 2.70. The second-order valence-corrected chi connectivity index (χ2v) is 7.92. The fraction of sp³-hybridized carbons (Fsp3) is 0.722. The van der Waals surface area contributed by atoms with Crippen LogP contribution in [0.2, 0.25) is 0 Å². The first-order valence-corrected chi connectivity index (χ1v) is 11.1. The Morgan fingerprint density at radius 2 is 1.67 bits per heavy atom. The van der Waals surface area contributed by atoms with Crippen molar-refractivity contribution < 1.29 is 29.1 Å². The van der Waals surface area contributed by atoms with Crippen molar-refractivity contribution in [3.8, 4) is 0 Å². The number of hydrogen-bond acceptors (Lipinski definition) is 7. The van der Waals surface area contributed by atoms with Gasteiger partial charge in [-0.05, 0) is 30.8 Å². The highest BCUT2D eigenvalue weighted by molar-refractivity contribution is 7.98. The van der Waals surface area contributed by atoms with Gasteiger partial charge in [0.25, 0.3) is 0 Å². The predicted molar refractivity (Wildman–Crippen MR) is 113 cm³/mol. The van der Waals surface area contributed by atoms with Gasteiger partial charge in [0, 0.05) is 6.42 Å². The molecule has 12 heteroatoms. The highest BCUT2D eigenvalue weighted by atomic mass is 32.2. The average molecular weight is 448 g/mol. The third kappa shape index (κ3) is 11.0. The Morgan fingerprint density at radius 1 is 1.03 bits per heavy atom. The Kier molecular flexibility index (Phi) is 13.5. The van der Waals surface area contributed by atoms with E-state index in [1.54, 1.807) is 6.92 Å². The lowest BCUT2D eigenvalue weighted by molar-refractivity contribution is -0.141. The lowest BCUT2D eigenvalue weighted by Crippen LogP contribution is -2.54. The molecule has 0 rings (SSSR count). The summed E-state index contributed by atoms with van der Waals surface area (Å²) in [5.41, 5.74) is 11.0. The van der Waals surface area contributed by atoms with Gasteiger partial charge in [-0.2, -0.15) is 11.8 Å². The van der Waals surface area contributed by atoms with E-state index in [0.29, 0.717) is 12.2 Å². The van der Waals surface area contributed by atoms with Crippen molar-refractivity contribution >= 4 is 41.4 Å². The number of rotatable bonds is 15. The largest absolute Gasteiger partial charge is 0.480 e. The number of amides is 4. The van der Waals surface area contributed by atoms with Crippen molar-refractivity contribution in [3.05, 3.63) is 0 Å². The third-order valence-corrected chi connectivity index (χ3v) is 5.18. The molecule has 0 aromatic rings. The van der Waals surface area contributed by atoms with Crippen LogP contribution in [0.5, 0.6) is 0 Å². The molecule has 0 bridgehead atoms. The Bertz CT molecular complexity index is 618. The van der Waals surface area contributed by atoms with E-state index >= 15 is 0 Å². The van der Waals surface area contributed by atoms with Gasteiger partial charge in [0.1, 0.15) is 12.1 Å². The van der Waals surface area contributed by atoms with E-state index in [1.807, 2.05) is 13.2 Å². The molecule has 0 aliphatic rings. The number of carbonyl (C=O) groups excluding carboxylic acids is 4. The van der Waals surface area contributed by atoms with Crippen LogP contribution in [0.3, 0.4) is 0 Å². The van der Waals surface area contributed by atoms with Crippen LogP contribution in [0.1, 0.15) is 39.5 Å². The van der Waals surface area contributed by atoms with Crippen LogP contribution in [0.15, 0.2) is 0 Å². The predicted octanol–water partition coefficient (Wildman–Crippen LogP) is -1.45. The number of hydrogen-bond donors (Lipinski definition) is 6. The van der Waals surface area contributed by atoms with E-state index in [1.165, 1.54) is 11.8 Å². The maximum absolute atomic E-state index is 12.4. The van der Waals surface area contributed by atoms with Crippen LogP contribution in [-0.4, -0.2) is 71.4 Å². The van der Waals surface area contributed by atoms with Crippen molar-refractivity contribution in [2.45, 2.75) is 57.7 Å². The number of carbonyl (C=O) groups is 5. The van der Waals surface area contributed by atoms with E-state index in [2.05, 4.69) is 16.0 Å². The van der Waals surface area contributed by atoms with E-state index in [9.17, 15) is 24.0 Å². The van der Waals surface area contributed by atoms with Crippen molar-refractivity contribution in [2.24, 2.45) is 17.4 Å². The molecule has 0 aromatic carbocycles. The van der Waals surface area contributed by atoms with E-state index in [-0.39, 0.29) is 25.2 Å². The molecular weight excluding hydrogens is 414 g/mol. The van der Waals surface area contributed by atoms with Gasteiger partial charge in [-0.25, -0.2) is 4.79 Å². The van der Waals surface area contributed by atoms with Crippen LogP contribution in [0.4, 0.5) is 0 Å². The molecule has 0 radical (unpaired) electrons. The van der Waals surface area contributed by atoms with Gasteiger partial charge < -0.3 is 32.5 Å². The van der Waals surface area contributed by atoms with E-state index in [4.69, 9.17) is 16.6 Å². The summed E-state index contributed by atoms with van der Waals surface area (Å²) in [4.78, 5) is 59.0. The highest BCUT2D eigenvalue weighted by Gasteiger charge is 2.27. The zero-order valence-electron chi connectivity index (χ0n) is 17.6. The zero-order chi connectivity index (χ0) is 23.3. The molecule has 0 aromatic heterocycles. The van der Waals surface area contributed by atoms with Crippen molar-refractivity contribution in [1.29, 1.82) is 0 Å². The molecule has 0 aliphatic heterocycles. The number of carboxylic acids is 1. The first-order valence-electron chi connectivity index (χ1n) is 9.66. The van der Waals surface area contributed by atoms with Crippen molar-refractivity contribution in [1.82, 2.24) is 16.0 Å². The summed E-state index contributed by atoms with van der Waals surface area (Å²) in [6.45, 7) is 3.18. The molecular formula is C18H33N5O6S. The molecule has 4 atom stereocenters.